The first-order chi connectivity index (χ1) is 5.86. The Morgan fingerprint density at radius 1 is 1.00 bits per heavy atom. The van der Waals surface area contributed by atoms with Crippen LogP contribution in [-0.4, -0.2) is 51.8 Å². The van der Waals surface area contributed by atoms with E-state index in [4.69, 9.17) is 18.9 Å². The molecule has 0 spiro atoms. The van der Waals surface area contributed by atoms with Crippen LogP contribution in [0.25, 0.3) is 0 Å². The Morgan fingerprint density at radius 3 is 1.50 bits per heavy atom. The second-order valence-corrected chi connectivity index (χ2v) is 3.14. The summed E-state index contributed by atoms with van der Waals surface area (Å²) in [6, 6.07) is 0. The largest absolute Gasteiger partial charge is 0.376 e. The molecular weight excluding hydrogens is 160 g/mol. The Labute approximate surface area is 71.7 Å². The molecule has 0 radical (unpaired) electrons. The van der Waals surface area contributed by atoms with Gasteiger partial charge in [-0.05, 0) is 0 Å². The van der Waals surface area contributed by atoms with Crippen molar-refractivity contribution >= 4 is 0 Å². The Hall–Kier alpha value is -0.160. The van der Waals surface area contributed by atoms with Crippen molar-refractivity contribution in [2.75, 3.05) is 27.4 Å². The van der Waals surface area contributed by atoms with Gasteiger partial charge in [0.05, 0.1) is 13.2 Å². The SMILES string of the molecule is CO[C@H]([C@H](OC)[C@H]1CO1)[C@@H]1CO1. The van der Waals surface area contributed by atoms with Crippen LogP contribution in [0, 0.1) is 0 Å². The molecule has 2 aliphatic heterocycles. The van der Waals surface area contributed by atoms with E-state index in [2.05, 4.69) is 0 Å². The summed E-state index contributed by atoms with van der Waals surface area (Å²) in [6.07, 6.45) is 0.485. The van der Waals surface area contributed by atoms with Gasteiger partial charge in [-0.3, -0.25) is 0 Å². The third-order valence-corrected chi connectivity index (χ3v) is 2.32. The number of epoxide rings is 2. The van der Waals surface area contributed by atoms with Crippen LogP contribution >= 0.6 is 0 Å². The van der Waals surface area contributed by atoms with Crippen molar-refractivity contribution in [3.63, 3.8) is 0 Å². The molecule has 2 saturated heterocycles. The lowest BCUT2D eigenvalue weighted by Gasteiger charge is -2.21. The fourth-order valence-corrected chi connectivity index (χ4v) is 1.49. The number of hydrogen-bond donors (Lipinski definition) is 0. The summed E-state index contributed by atoms with van der Waals surface area (Å²) in [5.41, 5.74) is 0. The average molecular weight is 174 g/mol. The highest BCUT2D eigenvalue weighted by Gasteiger charge is 2.46. The monoisotopic (exact) mass is 174 g/mol. The Morgan fingerprint density at radius 2 is 1.33 bits per heavy atom. The van der Waals surface area contributed by atoms with Crippen LogP contribution < -0.4 is 0 Å². The first-order valence-corrected chi connectivity index (χ1v) is 4.15. The van der Waals surface area contributed by atoms with Crippen LogP contribution in [0.4, 0.5) is 0 Å². The van der Waals surface area contributed by atoms with Gasteiger partial charge in [-0.15, -0.1) is 0 Å². The second kappa shape index (κ2) is 3.30. The normalized spacial score (nSPS) is 37.5. The molecule has 0 aromatic rings. The zero-order valence-corrected chi connectivity index (χ0v) is 7.36. The van der Waals surface area contributed by atoms with E-state index < -0.39 is 0 Å². The lowest BCUT2D eigenvalue weighted by molar-refractivity contribution is -0.0589. The maximum absolute atomic E-state index is 5.30. The van der Waals surface area contributed by atoms with Gasteiger partial charge in [0.15, 0.2) is 0 Å². The first-order valence-electron chi connectivity index (χ1n) is 4.15. The molecule has 0 amide bonds. The molecule has 0 aromatic heterocycles. The van der Waals surface area contributed by atoms with Crippen molar-refractivity contribution < 1.29 is 18.9 Å². The minimum absolute atomic E-state index is 0.0301. The van der Waals surface area contributed by atoms with Crippen molar-refractivity contribution in [3.05, 3.63) is 0 Å². The highest BCUT2D eigenvalue weighted by atomic mass is 16.6. The Kier molecular flexibility index (Phi) is 2.32. The summed E-state index contributed by atoms with van der Waals surface area (Å²) in [5.74, 6) is 0. The van der Waals surface area contributed by atoms with E-state index in [1.54, 1.807) is 14.2 Å². The molecule has 0 unspecified atom stereocenters. The van der Waals surface area contributed by atoms with Gasteiger partial charge in [-0.1, -0.05) is 0 Å². The molecule has 4 atom stereocenters. The van der Waals surface area contributed by atoms with Crippen molar-refractivity contribution in [2.24, 2.45) is 0 Å². The van der Waals surface area contributed by atoms with E-state index in [1.165, 1.54) is 0 Å². The van der Waals surface area contributed by atoms with E-state index in [0.717, 1.165) is 13.2 Å². The molecule has 2 rings (SSSR count). The molecule has 2 aliphatic rings. The summed E-state index contributed by atoms with van der Waals surface area (Å²) in [4.78, 5) is 0. The fourth-order valence-electron chi connectivity index (χ4n) is 1.49. The number of ether oxygens (including phenoxy) is 4. The third kappa shape index (κ3) is 1.61. The molecule has 2 fully saturated rings. The van der Waals surface area contributed by atoms with Gasteiger partial charge in [0, 0.05) is 14.2 Å². The molecule has 4 nitrogen and oxygen atoms in total. The average Bonchev–Trinajstić information content (AvgIpc) is 2.85. The van der Waals surface area contributed by atoms with Crippen molar-refractivity contribution in [2.45, 2.75) is 24.4 Å². The van der Waals surface area contributed by atoms with Crippen molar-refractivity contribution in [1.82, 2.24) is 0 Å². The first kappa shape index (κ1) is 8.44. The van der Waals surface area contributed by atoms with E-state index in [-0.39, 0.29) is 24.4 Å². The molecule has 0 saturated carbocycles. The van der Waals surface area contributed by atoms with Gasteiger partial charge < -0.3 is 18.9 Å². The van der Waals surface area contributed by atoms with Gasteiger partial charge in [-0.2, -0.15) is 0 Å². The molecule has 0 bridgehead atoms. The van der Waals surface area contributed by atoms with Gasteiger partial charge in [-0.25, -0.2) is 0 Å². The summed E-state index contributed by atoms with van der Waals surface area (Å²) >= 11 is 0. The smallest absolute Gasteiger partial charge is 0.114 e. The fraction of sp³-hybridized carbons (Fsp3) is 1.00. The van der Waals surface area contributed by atoms with Crippen LogP contribution in [0.15, 0.2) is 0 Å². The van der Waals surface area contributed by atoms with Gasteiger partial charge >= 0.3 is 0 Å². The van der Waals surface area contributed by atoms with E-state index >= 15 is 0 Å². The summed E-state index contributed by atoms with van der Waals surface area (Å²) < 4.78 is 20.9. The molecule has 0 aromatic carbocycles. The van der Waals surface area contributed by atoms with Crippen LogP contribution in [0.3, 0.4) is 0 Å². The molecule has 2 heterocycles. The predicted molar refractivity (Wildman–Crippen MR) is 41.1 cm³/mol. The number of hydrogen-bond acceptors (Lipinski definition) is 4. The topological polar surface area (TPSA) is 43.5 Å². The molecule has 0 aliphatic carbocycles. The maximum atomic E-state index is 5.30. The summed E-state index contributed by atoms with van der Waals surface area (Å²) in [6.45, 7) is 1.57. The van der Waals surface area contributed by atoms with E-state index in [9.17, 15) is 0 Å². The Balaban J connectivity index is 1.91. The third-order valence-electron chi connectivity index (χ3n) is 2.32. The Bertz CT molecular complexity index is 135. The zero-order chi connectivity index (χ0) is 8.55. The van der Waals surface area contributed by atoms with Crippen molar-refractivity contribution in [3.8, 4) is 0 Å². The van der Waals surface area contributed by atoms with Crippen LogP contribution in [0.2, 0.25) is 0 Å². The molecule has 12 heavy (non-hydrogen) atoms. The molecule has 0 N–H and O–H groups in total. The lowest BCUT2D eigenvalue weighted by atomic mass is 10.1. The second-order valence-electron chi connectivity index (χ2n) is 3.14. The maximum Gasteiger partial charge on any atom is 0.114 e. The standard InChI is InChI=1S/C8H14O4/c1-9-7(5-3-11-5)8(10-2)6-4-12-6/h5-8H,3-4H2,1-2H3/t5-,6+,7-,8+. The van der Waals surface area contributed by atoms with Crippen LogP contribution in [-0.2, 0) is 18.9 Å². The minimum atomic E-state index is 0.0301. The quantitative estimate of drug-likeness (QED) is 0.542. The highest BCUT2D eigenvalue weighted by molar-refractivity contribution is 4.93. The van der Waals surface area contributed by atoms with Gasteiger partial charge in [0.2, 0.25) is 0 Å². The highest BCUT2D eigenvalue weighted by Crippen LogP contribution is 2.27. The van der Waals surface area contributed by atoms with Gasteiger partial charge in [0.25, 0.3) is 0 Å². The predicted octanol–water partition coefficient (Wildman–Crippen LogP) is -0.186. The lowest BCUT2D eigenvalue weighted by Crippen LogP contribution is -2.38. The number of methoxy groups -OCH3 is 2. The number of rotatable bonds is 5. The van der Waals surface area contributed by atoms with Crippen LogP contribution in [0.1, 0.15) is 0 Å². The summed E-state index contributed by atoms with van der Waals surface area (Å²) in [7, 11) is 3.36. The van der Waals surface area contributed by atoms with Crippen molar-refractivity contribution in [1.29, 1.82) is 0 Å². The van der Waals surface area contributed by atoms with Gasteiger partial charge in [0.1, 0.15) is 24.4 Å². The van der Waals surface area contributed by atoms with E-state index in [0.29, 0.717) is 0 Å². The zero-order valence-electron chi connectivity index (χ0n) is 7.36. The molecular formula is C8H14O4. The van der Waals surface area contributed by atoms with Crippen LogP contribution in [0.5, 0.6) is 0 Å². The van der Waals surface area contributed by atoms with E-state index in [1.807, 2.05) is 0 Å². The summed E-state index contributed by atoms with van der Waals surface area (Å²) in [5, 5.41) is 0. The minimum Gasteiger partial charge on any atom is -0.376 e. The molecule has 70 valence electrons. The molecule has 4 heteroatoms.